The minimum atomic E-state index is -0.482. The summed E-state index contributed by atoms with van der Waals surface area (Å²) < 4.78 is 10.4. The SMILES string of the molecule is CCOC[C@@H](O)CN1CCN(C(=O)c2c(CC)noc2C)CC1. The van der Waals surface area contributed by atoms with Crippen LogP contribution in [0.1, 0.15) is 35.7 Å². The van der Waals surface area contributed by atoms with Crippen molar-refractivity contribution in [2.45, 2.75) is 33.3 Å². The lowest BCUT2D eigenvalue weighted by atomic mass is 10.1. The Morgan fingerprint density at radius 2 is 2.04 bits per heavy atom. The van der Waals surface area contributed by atoms with Crippen molar-refractivity contribution in [1.82, 2.24) is 15.0 Å². The Bertz CT molecular complexity index is 509. The van der Waals surface area contributed by atoms with E-state index in [2.05, 4.69) is 10.1 Å². The average molecular weight is 325 g/mol. The maximum atomic E-state index is 12.7. The normalized spacial score (nSPS) is 17.5. The first-order valence-corrected chi connectivity index (χ1v) is 8.29. The highest BCUT2D eigenvalue weighted by Crippen LogP contribution is 2.17. The number of β-amino-alcohol motifs (C(OH)–C–C–N with tert-alkyl or cyclic N) is 1. The van der Waals surface area contributed by atoms with Gasteiger partial charge in [0.15, 0.2) is 0 Å². The molecule has 2 rings (SSSR count). The molecule has 1 fully saturated rings. The number of ether oxygens (including phenoxy) is 1. The van der Waals surface area contributed by atoms with Crippen LogP contribution in [0.3, 0.4) is 0 Å². The Labute approximate surface area is 137 Å². The molecule has 0 spiro atoms. The molecule has 1 atom stereocenters. The molecular weight excluding hydrogens is 298 g/mol. The Morgan fingerprint density at radius 1 is 1.35 bits per heavy atom. The second-order valence-corrected chi connectivity index (χ2v) is 5.82. The molecule has 7 nitrogen and oxygen atoms in total. The van der Waals surface area contributed by atoms with Crippen LogP contribution in [-0.2, 0) is 11.2 Å². The van der Waals surface area contributed by atoms with Crippen LogP contribution in [0.15, 0.2) is 4.52 Å². The van der Waals surface area contributed by atoms with Crippen LogP contribution in [0.25, 0.3) is 0 Å². The van der Waals surface area contributed by atoms with E-state index in [4.69, 9.17) is 9.26 Å². The number of nitrogens with zero attached hydrogens (tertiary/aromatic N) is 3. The van der Waals surface area contributed by atoms with E-state index >= 15 is 0 Å². The van der Waals surface area contributed by atoms with Crippen LogP contribution in [-0.4, -0.2) is 78.0 Å². The van der Waals surface area contributed by atoms with Crippen LogP contribution in [0.4, 0.5) is 0 Å². The first kappa shape index (κ1) is 17.9. The maximum Gasteiger partial charge on any atom is 0.259 e. The van der Waals surface area contributed by atoms with E-state index in [0.717, 1.165) is 18.8 Å². The van der Waals surface area contributed by atoms with Gasteiger partial charge < -0.3 is 19.3 Å². The zero-order chi connectivity index (χ0) is 16.8. The molecule has 0 bridgehead atoms. The van der Waals surface area contributed by atoms with Crippen molar-refractivity contribution >= 4 is 5.91 Å². The van der Waals surface area contributed by atoms with E-state index in [-0.39, 0.29) is 5.91 Å². The van der Waals surface area contributed by atoms with Crippen molar-refractivity contribution in [3.8, 4) is 0 Å². The molecule has 0 aromatic carbocycles. The van der Waals surface area contributed by atoms with Gasteiger partial charge >= 0.3 is 0 Å². The average Bonchev–Trinajstić information content (AvgIpc) is 2.93. The minimum Gasteiger partial charge on any atom is -0.389 e. The van der Waals surface area contributed by atoms with Crippen molar-refractivity contribution < 1.29 is 19.2 Å². The summed E-state index contributed by atoms with van der Waals surface area (Å²) in [6, 6.07) is 0. The fourth-order valence-electron chi connectivity index (χ4n) is 2.83. The van der Waals surface area contributed by atoms with Gasteiger partial charge in [-0.25, -0.2) is 0 Å². The summed E-state index contributed by atoms with van der Waals surface area (Å²) in [7, 11) is 0. The predicted octanol–water partition coefficient (Wildman–Crippen LogP) is 0.701. The lowest BCUT2D eigenvalue weighted by Gasteiger charge is -2.35. The molecular formula is C16H27N3O4. The van der Waals surface area contributed by atoms with E-state index in [9.17, 15) is 9.90 Å². The molecule has 23 heavy (non-hydrogen) atoms. The number of carbonyl (C=O) groups excluding carboxylic acids is 1. The van der Waals surface area contributed by atoms with Crippen molar-refractivity contribution in [2.24, 2.45) is 0 Å². The van der Waals surface area contributed by atoms with Crippen LogP contribution in [0.2, 0.25) is 0 Å². The fraction of sp³-hybridized carbons (Fsp3) is 0.750. The van der Waals surface area contributed by atoms with Gasteiger partial charge in [-0.3, -0.25) is 9.69 Å². The molecule has 130 valence electrons. The van der Waals surface area contributed by atoms with Crippen molar-refractivity contribution in [2.75, 3.05) is 45.9 Å². The topological polar surface area (TPSA) is 79.0 Å². The summed E-state index contributed by atoms with van der Waals surface area (Å²) in [6.45, 7) is 9.99. The van der Waals surface area contributed by atoms with Gasteiger partial charge in [0.2, 0.25) is 0 Å². The van der Waals surface area contributed by atoms with Crippen molar-refractivity contribution in [3.05, 3.63) is 17.0 Å². The van der Waals surface area contributed by atoms with Gasteiger partial charge in [0.1, 0.15) is 11.3 Å². The number of carbonyl (C=O) groups is 1. The number of aryl methyl sites for hydroxylation is 2. The Kier molecular flexibility index (Phi) is 6.56. The first-order valence-electron chi connectivity index (χ1n) is 8.29. The van der Waals surface area contributed by atoms with E-state index in [1.54, 1.807) is 6.92 Å². The van der Waals surface area contributed by atoms with Crippen LogP contribution in [0.5, 0.6) is 0 Å². The molecule has 1 amide bonds. The maximum absolute atomic E-state index is 12.7. The number of piperazine rings is 1. The molecule has 2 heterocycles. The highest BCUT2D eigenvalue weighted by atomic mass is 16.5. The largest absolute Gasteiger partial charge is 0.389 e. The molecule has 1 aliphatic heterocycles. The summed E-state index contributed by atoms with van der Waals surface area (Å²) in [5.41, 5.74) is 1.33. The summed E-state index contributed by atoms with van der Waals surface area (Å²) in [5, 5.41) is 13.8. The molecule has 1 aromatic heterocycles. The van der Waals surface area contributed by atoms with Gasteiger partial charge in [0.05, 0.1) is 18.4 Å². The molecule has 0 aliphatic carbocycles. The summed E-state index contributed by atoms with van der Waals surface area (Å²) in [5.74, 6) is 0.580. The highest BCUT2D eigenvalue weighted by molar-refractivity contribution is 5.96. The zero-order valence-corrected chi connectivity index (χ0v) is 14.2. The predicted molar refractivity (Wildman–Crippen MR) is 85.5 cm³/mol. The van der Waals surface area contributed by atoms with E-state index in [0.29, 0.717) is 50.6 Å². The third-order valence-corrected chi connectivity index (χ3v) is 4.12. The van der Waals surface area contributed by atoms with Gasteiger partial charge in [-0.1, -0.05) is 12.1 Å². The van der Waals surface area contributed by atoms with Gasteiger partial charge in [-0.15, -0.1) is 0 Å². The summed E-state index contributed by atoms with van der Waals surface area (Å²) in [4.78, 5) is 16.7. The molecule has 1 aromatic rings. The van der Waals surface area contributed by atoms with Gasteiger partial charge in [0, 0.05) is 39.3 Å². The van der Waals surface area contributed by atoms with E-state index < -0.39 is 6.10 Å². The second-order valence-electron chi connectivity index (χ2n) is 5.82. The Balaban J connectivity index is 1.86. The number of hydrogen-bond donors (Lipinski definition) is 1. The Morgan fingerprint density at radius 3 is 2.65 bits per heavy atom. The van der Waals surface area contributed by atoms with Gasteiger partial charge in [-0.05, 0) is 20.3 Å². The van der Waals surface area contributed by atoms with Crippen molar-refractivity contribution in [3.63, 3.8) is 0 Å². The minimum absolute atomic E-state index is 0.00452. The molecule has 7 heteroatoms. The van der Waals surface area contributed by atoms with Crippen LogP contribution >= 0.6 is 0 Å². The van der Waals surface area contributed by atoms with Crippen LogP contribution in [0, 0.1) is 6.92 Å². The quantitative estimate of drug-likeness (QED) is 0.795. The lowest BCUT2D eigenvalue weighted by Crippen LogP contribution is -2.51. The summed E-state index contributed by atoms with van der Waals surface area (Å²) in [6.07, 6.45) is 0.200. The highest BCUT2D eigenvalue weighted by Gasteiger charge is 2.27. The molecule has 0 unspecified atom stereocenters. The first-order chi connectivity index (χ1) is 11.1. The van der Waals surface area contributed by atoms with Gasteiger partial charge in [-0.2, -0.15) is 0 Å². The third kappa shape index (κ3) is 4.53. The van der Waals surface area contributed by atoms with Gasteiger partial charge in [0.25, 0.3) is 5.91 Å². The standard InChI is InChI=1S/C16H27N3O4/c1-4-14-15(12(3)23-17-14)16(21)19-8-6-18(7-9-19)10-13(20)11-22-5-2/h13,20H,4-11H2,1-3H3/t13-/m0/s1. The zero-order valence-electron chi connectivity index (χ0n) is 14.2. The lowest BCUT2D eigenvalue weighted by molar-refractivity contribution is 0.0111. The monoisotopic (exact) mass is 325 g/mol. The summed E-state index contributed by atoms with van der Waals surface area (Å²) >= 11 is 0. The molecule has 1 saturated heterocycles. The molecule has 0 radical (unpaired) electrons. The number of rotatable bonds is 7. The number of aliphatic hydroxyl groups is 1. The second kappa shape index (κ2) is 8.42. The molecule has 1 N–H and O–H groups in total. The number of hydrogen-bond acceptors (Lipinski definition) is 6. The number of aromatic nitrogens is 1. The molecule has 1 aliphatic rings. The number of aliphatic hydroxyl groups excluding tert-OH is 1. The molecule has 0 saturated carbocycles. The smallest absolute Gasteiger partial charge is 0.259 e. The van der Waals surface area contributed by atoms with Crippen molar-refractivity contribution in [1.29, 1.82) is 0 Å². The third-order valence-electron chi connectivity index (χ3n) is 4.12. The van der Waals surface area contributed by atoms with Crippen LogP contribution < -0.4 is 0 Å². The fourth-order valence-corrected chi connectivity index (χ4v) is 2.83. The number of amides is 1. The van der Waals surface area contributed by atoms with E-state index in [1.807, 2.05) is 18.7 Å². The van der Waals surface area contributed by atoms with E-state index in [1.165, 1.54) is 0 Å². The Hall–Kier alpha value is -1.44.